The Morgan fingerprint density at radius 1 is 0.744 bits per heavy atom. The van der Waals surface area contributed by atoms with E-state index in [4.69, 9.17) is 53.0 Å². The molecule has 0 amide bonds. The first-order chi connectivity index (χ1) is 37.4. The molecule has 3 heterocycles. The van der Waals surface area contributed by atoms with E-state index in [0.717, 1.165) is 42.9 Å². The highest BCUT2D eigenvalue weighted by atomic mass is 31.2. The molecule has 17 heteroatoms. The number of benzene rings is 3. The Kier molecular flexibility index (Phi) is 23.0. The topological polar surface area (TPSA) is 157 Å². The van der Waals surface area contributed by atoms with Crippen LogP contribution in [0.15, 0.2) is 88.8 Å². The number of nitrogens with zero attached hydrogens (tertiary/aromatic N) is 10. The first-order valence-corrected chi connectivity index (χ1v) is 28.7. The van der Waals surface area contributed by atoms with Gasteiger partial charge in [0.05, 0.1) is 58.7 Å². The molecule has 0 radical (unpaired) electrons. The van der Waals surface area contributed by atoms with E-state index in [0.29, 0.717) is 64.1 Å². The minimum atomic E-state index is -1.72. The van der Waals surface area contributed by atoms with Gasteiger partial charge in [0.2, 0.25) is 0 Å². The van der Waals surface area contributed by atoms with Crippen LogP contribution < -0.4 is 9.47 Å². The Balaban J connectivity index is 1.56. The van der Waals surface area contributed by atoms with Crippen molar-refractivity contribution in [3.63, 3.8) is 0 Å². The maximum atomic E-state index is 9.66. The highest BCUT2D eigenvalue weighted by Crippen LogP contribution is 2.51. The standard InChI is InChI=1S/C61H85N10O6P/c1-16-21-53-57-58(63-40-68(35-42(2)3)36-43(4)5)65-60(64-41-69(37-44(6)7)38-45(8)9)66-59(57)70(67-53)56-34-54(77-78(75-33-20-32-62)71(46(10)11)47(12)13)55(76-56)39-74-61(48-22-18-17-19-23-48,49-24-28-51(72-14)29-25-49)50-26-30-52(73-15)31-27-50/h17-19,22-31,40-47,54-56H,20,33-39H2,1-15H3/b63-40+,64-41+. The third kappa shape index (κ3) is 16.1. The van der Waals surface area contributed by atoms with E-state index in [2.05, 4.69) is 128 Å². The molecule has 3 aromatic carbocycles. The summed E-state index contributed by atoms with van der Waals surface area (Å²) in [6.45, 7) is 31.5. The van der Waals surface area contributed by atoms with Crippen molar-refractivity contribution in [2.75, 3.05) is 53.6 Å². The average Bonchev–Trinajstić information content (AvgIpc) is 4.18. The minimum absolute atomic E-state index is 0.0516. The second-order valence-electron chi connectivity index (χ2n) is 22.1. The van der Waals surface area contributed by atoms with E-state index in [9.17, 15) is 5.26 Å². The molecule has 78 heavy (non-hydrogen) atoms. The van der Waals surface area contributed by atoms with Crippen molar-refractivity contribution >= 4 is 44.0 Å². The van der Waals surface area contributed by atoms with Gasteiger partial charge in [0.1, 0.15) is 34.3 Å². The Morgan fingerprint density at radius 3 is 1.76 bits per heavy atom. The molecule has 16 nitrogen and oxygen atoms in total. The van der Waals surface area contributed by atoms with Crippen LogP contribution >= 0.6 is 8.53 Å². The summed E-state index contributed by atoms with van der Waals surface area (Å²) in [6, 6.07) is 28.5. The van der Waals surface area contributed by atoms with Crippen LogP contribution in [-0.2, 0) is 24.1 Å². The Hall–Kier alpha value is -5.97. The molecule has 420 valence electrons. The third-order valence-electron chi connectivity index (χ3n) is 12.8. The van der Waals surface area contributed by atoms with Gasteiger partial charge in [0, 0.05) is 44.7 Å². The second-order valence-corrected chi connectivity index (χ2v) is 23.5. The number of hydrogen-bond donors (Lipinski definition) is 0. The van der Waals surface area contributed by atoms with E-state index in [-0.39, 0.29) is 37.7 Å². The maximum Gasteiger partial charge on any atom is 0.259 e. The summed E-state index contributed by atoms with van der Waals surface area (Å²) in [5.41, 5.74) is 2.43. The predicted octanol–water partition coefficient (Wildman–Crippen LogP) is 12.7. The summed E-state index contributed by atoms with van der Waals surface area (Å²) in [4.78, 5) is 24.8. The fourth-order valence-electron chi connectivity index (χ4n) is 9.85. The van der Waals surface area contributed by atoms with E-state index in [1.807, 2.05) is 79.4 Å². The van der Waals surface area contributed by atoms with Crippen LogP contribution in [0.1, 0.15) is 131 Å². The van der Waals surface area contributed by atoms with Crippen molar-refractivity contribution in [2.45, 2.75) is 139 Å². The van der Waals surface area contributed by atoms with Gasteiger partial charge in [-0.15, -0.1) is 0 Å². The fourth-order valence-corrected chi connectivity index (χ4v) is 11.6. The number of hydrogen-bond acceptors (Lipinski definition) is 13. The number of aliphatic imine (C=N–C) groups is 2. The molecule has 0 saturated carbocycles. The van der Waals surface area contributed by atoms with Gasteiger partial charge in [0.25, 0.3) is 14.5 Å². The van der Waals surface area contributed by atoms with Crippen molar-refractivity contribution in [1.29, 1.82) is 5.26 Å². The normalized spacial score (nSPS) is 16.4. The number of nitriles is 1. The Labute approximate surface area is 466 Å². The molecule has 0 aliphatic carbocycles. The van der Waals surface area contributed by atoms with Crippen LogP contribution in [-0.4, -0.2) is 125 Å². The molecular formula is C61H85N10O6P. The summed E-state index contributed by atoms with van der Waals surface area (Å²) in [7, 11) is 1.59. The van der Waals surface area contributed by atoms with Gasteiger partial charge in [-0.05, 0) is 105 Å². The van der Waals surface area contributed by atoms with Crippen molar-refractivity contribution in [2.24, 2.45) is 33.7 Å². The molecule has 1 aliphatic heterocycles. The summed E-state index contributed by atoms with van der Waals surface area (Å²) in [5, 5.41) is 15.5. The summed E-state index contributed by atoms with van der Waals surface area (Å²) < 4.78 is 44.0. The van der Waals surface area contributed by atoms with Crippen molar-refractivity contribution in [1.82, 2.24) is 34.2 Å². The highest BCUT2D eigenvalue weighted by molar-refractivity contribution is 7.44. The van der Waals surface area contributed by atoms with Gasteiger partial charge in [-0.25, -0.2) is 19.3 Å². The molecule has 1 saturated heterocycles. The Bertz CT molecular complexity index is 2730. The molecule has 0 spiro atoms. The zero-order chi connectivity index (χ0) is 56.5. The molecule has 1 aliphatic rings. The molecule has 4 unspecified atom stereocenters. The molecule has 0 bridgehead atoms. The number of aromatic nitrogens is 4. The number of ether oxygens (including phenoxy) is 4. The number of methoxy groups -OCH3 is 2. The average molecular weight is 1090 g/mol. The highest BCUT2D eigenvalue weighted by Gasteiger charge is 2.46. The van der Waals surface area contributed by atoms with Gasteiger partial charge >= 0.3 is 0 Å². The smallest absolute Gasteiger partial charge is 0.259 e. The molecule has 0 N–H and O–H groups in total. The Morgan fingerprint density at radius 2 is 1.27 bits per heavy atom. The van der Waals surface area contributed by atoms with Gasteiger partial charge in [0.15, 0.2) is 17.7 Å². The fraction of sp³-hybridized carbons (Fsp3) is 0.541. The molecule has 1 fully saturated rings. The number of fused-ring (bicyclic) bond motifs is 1. The lowest BCUT2D eigenvalue weighted by molar-refractivity contribution is -0.0931. The van der Waals surface area contributed by atoms with Crippen molar-refractivity contribution < 1.29 is 28.0 Å². The molecule has 5 aromatic rings. The molecule has 2 aromatic heterocycles. The van der Waals surface area contributed by atoms with Gasteiger partial charge in [-0.3, -0.25) is 0 Å². The minimum Gasteiger partial charge on any atom is -0.497 e. The summed E-state index contributed by atoms with van der Waals surface area (Å²) in [6.07, 6.45) is 2.22. The zero-order valence-electron chi connectivity index (χ0n) is 48.9. The van der Waals surface area contributed by atoms with Gasteiger partial charge < -0.3 is 37.8 Å². The first kappa shape index (κ1) is 61.2. The van der Waals surface area contributed by atoms with Crippen LogP contribution in [0, 0.1) is 46.8 Å². The van der Waals surface area contributed by atoms with E-state index in [1.54, 1.807) is 25.8 Å². The zero-order valence-corrected chi connectivity index (χ0v) is 49.8. The quantitative estimate of drug-likeness (QED) is 0.0111. The molecule has 4 atom stereocenters. The lowest BCUT2D eigenvalue weighted by Crippen LogP contribution is -2.39. The van der Waals surface area contributed by atoms with E-state index in [1.165, 1.54) is 0 Å². The lowest BCUT2D eigenvalue weighted by Gasteiger charge is -2.39. The predicted molar refractivity (Wildman–Crippen MR) is 314 cm³/mol. The largest absolute Gasteiger partial charge is 0.497 e. The summed E-state index contributed by atoms with van der Waals surface area (Å²) in [5.74, 6) is 10.1. The summed E-state index contributed by atoms with van der Waals surface area (Å²) >= 11 is 0. The first-order valence-electron chi connectivity index (χ1n) is 27.6. The van der Waals surface area contributed by atoms with Crippen molar-refractivity contribution in [3.05, 3.63) is 101 Å². The SMILES string of the molecule is CC#Cc1nn(C2CC(OP(OCCC#N)N(C(C)C)C(C)C)C(COC(c3ccccc3)(c3ccc(OC)cc3)c3ccc(OC)cc3)O2)c2nc(/N=C/N(CC(C)C)CC(C)C)nc(/N=C/N(CC(C)C)CC(C)C)c12. The van der Waals surface area contributed by atoms with Crippen LogP contribution in [0.4, 0.5) is 11.8 Å². The third-order valence-corrected chi connectivity index (χ3v) is 15.0. The van der Waals surface area contributed by atoms with Crippen LogP contribution in [0.2, 0.25) is 0 Å². The maximum absolute atomic E-state index is 9.66. The van der Waals surface area contributed by atoms with Gasteiger partial charge in [-0.1, -0.05) is 116 Å². The van der Waals surface area contributed by atoms with E-state index < -0.39 is 32.6 Å². The second kappa shape index (κ2) is 29.3. The van der Waals surface area contributed by atoms with Crippen LogP contribution in [0.5, 0.6) is 11.5 Å². The molecular weight excluding hydrogens is 1000 g/mol. The monoisotopic (exact) mass is 1080 g/mol. The number of rotatable bonds is 29. The van der Waals surface area contributed by atoms with Crippen molar-refractivity contribution in [3.8, 4) is 29.4 Å². The van der Waals surface area contributed by atoms with E-state index >= 15 is 0 Å². The van der Waals surface area contributed by atoms with Crippen LogP contribution in [0.25, 0.3) is 11.0 Å². The van der Waals surface area contributed by atoms with Gasteiger partial charge in [-0.2, -0.15) is 20.3 Å². The van der Waals surface area contributed by atoms with Crippen LogP contribution in [0.3, 0.4) is 0 Å². The lowest BCUT2D eigenvalue weighted by atomic mass is 9.80. The molecule has 6 rings (SSSR count).